The second kappa shape index (κ2) is 13.6. The molecule has 0 aromatic heterocycles. The molecule has 1 aliphatic rings. The van der Waals surface area contributed by atoms with E-state index in [1.807, 2.05) is 0 Å². The van der Waals surface area contributed by atoms with E-state index >= 15 is 0 Å². The highest BCUT2D eigenvalue weighted by atomic mass is 15.4. The standard InChI is InChI=1S/C50H38N2/c1-4-16-38(17-5-1)39-30-32-40(33-31-39)41-34-36-50(37-35-41,51(44-22-6-2-7-23-44)48-28-14-20-42-18-10-12-26-46(42)48)52(45-24-8-3-9-25-45)49-29-15-21-43-19-11-13-27-47(43)49/h1-37,41H. The Morgan fingerprint density at radius 2 is 0.750 bits per heavy atom. The molecule has 0 amide bonds. The van der Waals surface area contributed by atoms with Crippen LogP contribution in [-0.4, -0.2) is 5.66 Å². The Morgan fingerprint density at radius 3 is 1.25 bits per heavy atom. The van der Waals surface area contributed by atoms with E-state index in [-0.39, 0.29) is 5.92 Å². The van der Waals surface area contributed by atoms with Gasteiger partial charge < -0.3 is 9.80 Å². The van der Waals surface area contributed by atoms with E-state index in [4.69, 9.17) is 0 Å². The highest BCUT2D eigenvalue weighted by Crippen LogP contribution is 2.49. The Hall–Kier alpha value is -6.64. The molecule has 8 aromatic carbocycles. The molecule has 0 N–H and O–H groups in total. The molecule has 1 aliphatic carbocycles. The third kappa shape index (κ3) is 5.65. The zero-order chi connectivity index (χ0) is 34.7. The van der Waals surface area contributed by atoms with Crippen molar-refractivity contribution in [3.05, 3.63) is 230 Å². The highest BCUT2D eigenvalue weighted by molar-refractivity contribution is 6.00. The number of fused-ring (bicyclic) bond motifs is 2. The third-order valence-electron chi connectivity index (χ3n) is 10.3. The van der Waals surface area contributed by atoms with Crippen LogP contribution in [0.15, 0.2) is 224 Å². The summed E-state index contributed by atoms with van der Waals surface area (Å²) in [5.74, 6) is 0.105. The van der Waals surface area contributed by atoms with Crippen LogP contribution in [0.3, 0.4) is 0 Å². The smallest absolute Gasteiger partial charge is 0.160 e. The number of allylic oxidation sites excluding steroid dienone is 2. The molecule has 9 rings (SSSR count). The summed E-state index contributed by atoms with van der Waals surface area (Å²) in [6.07, 6.45) is 9.62. The number of para-hydroxylation sites is 2. The number of hydrogen-bond acceptors (Lipinski definition) is 2. The summed E-state index contributed by atoms with van der Waals surface area (Å²) in [5.41, 5.74) is 7.37. The quantitative estimate of drug-likeness (QED) is 0.118. The van der Waals surface area contributed by atoms with Crippen LogP contribution in [0.1, 0.15) is 11.5 Å². The molecule has 8 aromatic rings. The lowest BCUT2D eigenvalue weighted by Gasteiger charge is -2.51. The molecule has 52 heavy (non-hydrogen) atoms. The molecule has 0 heterocycles. The Balaban J connectivity index is 1.29. The fourth-order valence-corrected chi connectivity index (χ4v) is 7.80. The van der Waals surface area contributed by atoms with Gasteiger partial charge in [0.2, 0.25) is 0 Å². The van der Waals surface area contributed by atoms with E-state index in [2.05, 4.69) is 234 Å². The molecule has 0 spiro atoms. The van der Waals surface area contributed by atoms with Crippen LogP contribution in [0.4, 0.5) is 22.7 Å². The Labute approximate surface area is 305 Å². The van der Waals surface area contributed by atoms with Gasteiger partial charge in [-0.15, -0.1) is 0 Å². The maximum absolute atomic E-state index is 2.52. The van der Waals surface area contributed by atoms with E-state index < -0.39 is 5.66 Å². The molecule has 0 unspecified atom stereocenters. The van der Waals surface area contributed by atoms with Gasteiger partial charge in [-0.2, -0.15) is 0 Å². The van der Waals surface area contributed by atoms with Crippen LogP contribution in [-0.2, 0) is 0 Å². The number of nitrogens with zero attached hydrogens (tertiary/aromatic N) is 2. The van der Waals surface area contributed by atoms with Gasteiger partial charge in [-0.05, 0) is 76.0 Å². The molecule has 0 bridgehead atoms. The average molecular weight is 667 g/mol. The summed E-state index contributed by atoms with van der Waals surface area (Å²) in [6, 6.07) is 72.0. The van der Waals surface area contributed by atoms with Crippen LogP contribution in [0.5, 0.6) is 0 Å². The molecule has 0 radical (unpaired) electrons. The summed E-state index contributed by atoms with van der Waals surface area (Å²) < 4.78 is 0. The van der Waals surface area contributed by atoms with E-state index in [0.29, 0.717) is 0 Å². The first-order valence-electron chi connectivity index (χ1n) is 18.0. The van der Waals surface area contributed by atoms with Gasteiger partial charge in [0, 0.05) is 28.1 Å². The molecule has 0 saturated heterocycles. The van der Waals surface area contributed by atoms with Crippen molar-refractivity contribution in [3.8, 4) is 11.1 Å². The Morgan fingerprint density at radius 1 is 0.346 bits per heavy atom. The lowest BCUT2D eigenvalue weighted by molar-refractivity contribution is 0.628. The van der Waals surface area contributed by atoms with Crippen LogP contribution in [0, 0.1) is 0 Å². The SMILES string of the molecule is C1=CC(N(c2ccccc2)c2cccc3ccccc23)(N(c2ccccc2)c2cccc3ccccc23)C=CC1c1ccc(-c2ccccc2)cc1. The molecular weight excluding hydrogens is 629 g/mol. The number of anilines is 4. The van der Waals surface area contributed by atoms with Crippen molar-refractivity contribution in [3.63, 3.8) is 0 Å². The van der Waals surface area contributed by atoms with Gasteiger partial charge in [-0.3, -0.25) is 0 Å². The second-order valence-electron chi connectivity index (χ2n) is 13.4. The first-order valence-corrected chi connectivity index (χ1v) is 18.0. The summed E-state index contributed by atoms with van der Waals surface area (Å²) in [5, 5.41) is 4.79. The number of hydrogen-bond donors (Lipinski definition) is 0. The summed E-state index contributed by atoms with van der Waals surface area (Å²) in [4.78, 5) is 5.04. The maximum Gasteiger partial charge on any atom is 0.160 e. The summed E-state index contributed by atoms with van der Waals surface area (Å²) in [6.45, 7) is 0. The molecule has 0 atom stereocenters. The molecule has 2 heteroatoms. The normalized spacial score (nSPS) is 13.7. The molecule has 0 aliphatic heterocycles. The topological polar surface area (TPSA) is 6.48 Å². The molecule has 0 saturated carbocycles. The first kappa shape index (κ1) is 31.3. The van der Waals surface area contributed by atoms with E-state index in [0.717, 1.165) is 22.7 Å². The van der Waals surface area contributed by atoms with Crippen LogP contribution >= 0.6 is 0 Å². The minimum absolute atomic E-state index is 0.105. The third-order valence-corrected chi connectivity index (χ3v) is 10.3. The van der Waals surface area contributed by atoms with Crippen LogP contribution in [0.25, 0.3) is 32.7 Å². The minimum Gasteiger partial charge on any atom is -0.310 e. The Kier molecular flexibility index (Phi) is 8.19. The van der Waals surface area contributed by atoms with Gasteiger partial charge in [0.25, 0.3) is 0 Å². The zero-order valence-corrected chi connectivity index (χ0v) is 28.8. The van der Waals surface area contributed by atoms with E-state index in [1.54, 1.807) is 0 Å². The fraction of sp³-hybridized carbons (Fsp3) is 0.0400. The number of benzene rings is 8. The van der Waals surface area contributed by atoms with Gasteiger partial charge in [-0.1, -0.05) is 176 Å². The lowest BCUT2D eigenvalue weighted by Crippen LogP contribution is -2.56. The predicted octanol–water partition coefficient (Wildman–Crippen LogP) is 13.2. The van der Waals surface area contributed by atoms with E-state index in [9.17, 15) is 0 Å². The van der Waals surface area contributed by atoms with Gasteiger partial charge in [-0.25, -0.2) is 0 Å². The summed E-state index contributed by atoms with van der Waals surface area (Å²) >= 11 is 0. The summed E-state index contributed by atoms with van der Waals surface area (Å²) in [7, 11) is 0. The van der Waals surface area contributed by atoms with Crippen molar-refractivity contribution < 1.29 is 0 Å². The van der Waals surface area contributed by atoms with Crippen molar-refractivity contribution in [1.82, 2.24) is 0 Å². The lowest BCUT2D eigenvalue weighted by atomic mass is 9.86. The van der Waals surface area contributed by atoms with Crippen molar-refractivity contribution in [1.29, 1.82) is 0 Å². The molecular formula is C50H38N2. The minimum atomic E-state index is -0.794. The van der Waals surface area contributed by atoms with Crippen molar-refractivity contribution in [2.45, 2.75) is 11.6 Å². The van der Waals surface area contributed by atoms with Crippen molar-refractivity contribution >= 4 is 44.3 Å². The first-order chi connectivity index (χ1) is 25.8. The van der Waals surface area contributed by atoms with Crippen molar-refractivity contribution in [2.24, 2.45) is 0 Å². The largest absolute Gasteiger partial charge is 0.310 e. The predicted molar refractivity (Wildman–Crippen MR) is 221 cm³/mol. The van der Waals surface area contributed by atoms with Gasteiger partial charge in [0.05, 0.1) is 11.4 Å². The average Bonchev–Trinajstić information content (AvgIpc) is 3.23. The zero-order valence-electron chi connectivity index (χ0n) is 28.8. The highest BCUT2D eigenvalue weighted by Gasteiger charge is 2.43. The van der Waals surface area contributed by atoms with Gasteiger partial charge >= 0.3 is 0 Å². The molecule has 248 valence electrons. The monoisotopic (exact) mass is 666 g/mol. The van der Waals surface area contributed by atoms with Crippen LogP contribution in [0.2, 0.25) is 0 Å². The maximum atomic E-state index is 2.52. The fourth-order valence-electron chi connectivity index (χ4n) is 7.80. The molecule has 2 nitrogen and oxygen atoms in total. The second-order valence-corrected chi connectivity index (χ2v) is 13.4. The van der Waals surface area contributed by atoms with Gasteiger partial charge in [0.15, 0.2) is 5.66 Å². The molecule has 0 fully saturated rings. The Bertz CT molecular complexity index is 2370. The van der Waals surface area contributed by atoms with Gasteiger partial charge in [0.1, 0.15) is 0 Å². The van der Waals surface area contributed by atoms with Crippen molar-refractivity contribution in [2.75, 3.05) is 9.80 Å². The van der Waals surface area contributed by atoms with Crippen LogP contribution < -0.4 is 9.80 Å². The van der Waals surface area contributed by atoms with E-state index in [1.165, 1.54) is 38.2 Å². The number of rotatable bonds is 8.